The fourth-order valence-corrected chi connectivity index (χ4v) is 2.03. The van der Waals surface area contributed by atoms with Crippen molar-refractivity contribution in [2.24, 2.45) is 7.05 Å². The average Bonchev–Trinajstić information content (AvgIpc) is 2.77. The molecule has 0 saturated carbocycles. The Kier molecular flexibility index (Phi) is 4.06. The molecule has 5 heteroatoms. The van der Waals surface area contributed by atoms with Gasteiger partial charge in [-0.1, -0.05) is 6.07 Å². The van der Waals surface area contributed by atoms with Crippen LogP contribution in [0.1, 0.15) is 11.4 Å². The summed E-state index contributed by atoms with van der Waals surface area (Å²) < 4.78 is 7.38. The lowest BCUT2D eigenvalue weighted by molar-refractivity contribution is 0.299. The van der Waals surface area contributed by atoms with Gasteiger partial charge in [0.1, 0.15) is 11.6 Å². The Labute approximate surface area is 113 Å². The number of nitrogens with two attached hydrogens (primary N) is 1. The zero-order valence-electron chi connectivity index (χ0n) is 11.6. The molecule has 0 aliphatic rings. The highest BCUT2D eigenvalue weighted by Gasteiger charge is 2.09. The first-order valence-corrected chi connectivity index (χ1v) is 6.17. The number of hydrogen-bond acceptors (Lipinski definition) is 4. The molecule has 0 saturated heterocycles. The van der Waals surface area contributed by atoms with Crippen LogP contribution < -0.4 is 10.5 Å². The van der Waals surface area contributed by atoms with E-state index in [2.05, 4.69) is 16.9 Å². The van der Waals surface area contributed by atoms with Gasteiger partial charge in [0.05, 0.1) is 13.7 Å². The minimum atomic E-state index is 0.715. The molecular weight excluding hydrogens is 240 g/mol. The normalized spacial score (nSPS) is 10.9. The molecule has 0 radical (unpaired) electrons. The number of benzene rings is 1. The van der Waals surface area contributed by atoms with Gasteiger partial charge in [-0.05, 0) is 13.1 Å². The molecule has 0 bridgehead atoms. The molecule has 0 amide bonds. The summed E-state index contributed by atoms with van der Waals surface area (Å²) in [6, 6.07) is 5.75. The van der Waals surface area contributed by atoms with Crippen LogP contribution in [0.2, 0.25) is 0 Å². The van der Waals surface area contributed by atoms with Gasteiger partial charge in [0.15, 0.2) is 0 Å². The van der Waals surface area contributed by atoms with Crippen LogP contribution in [0.15, 0.2) is 30.6 Å². The van der Waals surface area contributed by atoms with Crippen LogP contribution in [-0.4, -0.2) is 28.6 Å². The maximum atomic E-state index is 5.76. The molecule has 2 rings (SSSR count). The lowest BCUT2D eigenvalue weighted by Gasteiger charge is -2.18. The molecule has 102 valence electrons. The van der Waals surface area contributed by atoms with E-state index >= 15 is 0 Å². The van der Waals surface area contributed by atoms with Crippen molar-refractivity contribution < 1.29 is 4.74 Å². The molecular formula is C14H20N4O. The predicted octanol–water partition coefficient (Wildman–Crippen LogP) is 1.64. The third-order valence-electron chi connectivity index (χ3n) is 3.08. The van der Waals surface area contributed by atoms with Crippen LogP contribution >= 0.6 is 0 Å². The highest BCUT2D eigenvalue weighted by molar-refractivity contribution is 5.48. The van der Waals surface area contributed by atoms with Crippen molar-refractivity contribution in [1.82, 2.24) is 14.5 Å². The van der Waals surface area contributed by atoms with E-state index in [9.17, 15) is 0 Å². The first-order valence-electron chi connectivity index (χ1n) is 6.17. The molecule has 5 nitrogen and oxygen atoms in total. The second kappa shape index (κ2) is 5.75. The number of aromatic nitrogens is 2. The molecule has 0 aliphatic carbocycles. The van der Waals surface area contributed by atoms with Gasteiger partial charge in [0, 0.05) is 43.3 Å². The minimum Gasteiger partial charge on any atom is -0.496 e. The van der Waals surface area contributed by atoms with Gasteiger partial charge in [0.2, 0.25) is 0 Å². The molecule has 1 aromatic heterocycles. The zero-order chi connectivity index (χ0) is 13.8. The molecule has 0 aliphatic heterocycles. The van der Waals surface area contributed by atoms with Crippen LogP contribution in [0, 0.1) is 0 Å². The first kappa shape index (κ1) is 13.4. The van der Waals surface area contributed by atoms with Crippen LogP contribution in [-0.2, 0) is 20.1 Å². The third-order valence-corrected chi connectivity index (χ3v) is 3.08. The second-order valence-corrected chi connectivity index (χ2v) is 4.70. The Morgan fingerprint density at radius 1 is 1.37 bits per heavy atom. The van der Waals surface area contributed by atoms with E-state index < -0.39 is 0 Å². The van der Waals surface area contributed by atoms with E-state index in [1.807, 2.05) is 42.2 Å². The van der Waals surface area contributed by atoms with Gasteiger partial charge < -0.3 is 15.0 Å². The Bertz CT molecular complexity index is 550. The summed E-state index contributed by atoms with van der Waals surface area (Å²) in [6.07, 6.45) is 3.76. The standard InChI is InChI=1S/C14H20N4O/c1-17(10-14-16-6-7-18(14)2)9-11-4-5-12(15)8-13(11)19-3/h4-8H,9-10,15H2,1-3H3. The molecule has 0 spiro atoms. The van der Waals surface area contributed by atoms with Gasteiger partial charge in [-0.3, -0.25) is 4.90 Å². The van der Waals surface area contributed by atoms with E-state index in [1.165, 1.54) is 0 Å². The SMILES string of the molecule is COc1cc(N)ccc1CN(C)Cc1nccn1C. The van der Waals surface area contributed by atoms with Gasteiger partial charge in [-0.15, -0.1) is 0 Å². The quantitative estimate of drug-likeness (QED) is 0.830. The van der Waals surface area contributed by atoms with E-state index in [0.29, 0.717) is 5.69 Å². The Morgan fingerprint density at radius 2 is 2.16 bits per heavy atom. The van der Waals surface area contributed by atoms with Crippen LogP contribution in [0.25, 0.3) is 0 Å². The van der Waals surface area contributed by atoms with Crippen molar-refractivity contribution in [3.05, 3.63) is 42.0 Å². The maximum absolute atomic E-state index is 5.76. The largest absolute Gasteiger partial charge is 0.496 e. The summed E-state index contributed by atoms with van der Waals surface area (Å²) in [5.41, 5.74) is 7.59. The van der Waals surface area contributed by atoms with Crippen molar-refractivity contribution in [3.63, 3.8) is 0 Å². The highest BCUT2D eigenvalue weighted by atomic mass is 16.5. The van der Waals surface area contributed by atoms with E-state index in [1.54, 1.807) is 7.11 Å². The van der Waals surface area contributed by atoms with Crippen molar-refractivity contribution >= 4 is 5.69 Å². The number of imidazole rings is 1. The monoisotopic (exact) mass is 260 g/mol. The topological polar surface area (TPSA) is 56.3 Å². The summed E-state index contributed by atoms with van der Waals surface area (Å²) in [5, 5.41) is 0. The van der Waals surface area contributed by atoms with Crippen molar-refractivity contribution in [2.45, 2.75) is 13.1 Å². The number of hydrogen-bond donors (Lipinski definition) is 1. The fraction of sp³-hybridized carbons (Fsp3) is 0.357. The molecule has 2 N–H and O–H groups in total. The molecule has 0 unspecified atom stereocenters. The van der Waals surface area contributed by atoms with Crippen LogP contribution in [0.5, 0.6) is 5.75 Å². The minimum absolute atomic E-state index is 0.715. The fourth-order valence-electron chi connectivity index (χ4n) is 2.03. The number of methoxy groups -OCH3 is 1. The zero-order valence-corrected chi connectivity index (χ0v) is 11.6. The summed E-state index contributed by atoms with van der Waals surface area (Å²) >= 11 is 0. The lowest BCUT2D eigenvalue weighted by Crippen LogP contribution is -2.20. The second-order valence-electron chi connectivity index (χ2n) is 4.70. The van der Waals surface area contributed by atoms with E-state index in [0.717, 1.165) is 30.2 Å². The summed E-state index contributed by atoms with van der Waals surface area (Å²) in [7, 11) is 5.72. The smallest absolute Gasteiger partial charge is 0.125 e. The third kappa shape index (κ3) is 3.26. The van der Waals surface area contributed by atoms with E-state index in [-0.39, 0.29) is 0 Å². The molecule has 2 aromatic rings. The number of ether oxygens (including phenoxy) is 1. The van der Waals surface area contributed by atoms with E-state index in [4.69, 9.17) is 10.5 Å². The summed E-state index contributed by atoms with van der Waals surface area (Å²) in [4.78, 5) is 6.51. The average molecular weight is 260 g/mol. The van der Waals surface area contributed by atoms with Crippen molar-refractivity contribution in [1.29, 1.82) is 0 Å². The Morgan fingerprint density at radius 3 is 2.79 bits per heavy atom. The van der Waals surface area contributed by atoms with Crippen molar-refractivity contribution in [2.75, 3.05) is 19.9 Å². The molecule has 1 heterocycles. The van der Waals surface area contributed by atoms with Gasteiger partial charge in [0.25, 0.3) is 0 Å². The van der Waals surface area contributed by atoms with Gasteiger partial charge >= 0.3 is 0 Å². The summed E-state index contributed by atoms with van der Waals surface area (Å²) in [5.74, 6) is 1.86. The van der Waals surface area contributed by atoms with Gasteiger partial charge in [-0.25, -0.2) is 4.98 Å². The number of anilines is 1. The molecule has 0 atom stereocenters. The summed E-state index contributed by atoms with van der Waals surface area (Å²) in [6.45, 7) is 1.58. The molecule has 19 heavy (non-hydrogen) atoms. The van der Waals surface area contributed by atoms with Gasteiger partial charge in [-0.2, -0.15) is 0 Å². The molecule has 0 fully saturated rings. The number of aryl methyl sites for hydroxylation is 1. The van der Waals surface area contributed by atoms with Crippen molar-refractivity contribution in [3.8, 4) is 5.75 Å². The number of nitrogens with zero attached hydrogens (tertiary/aromatic N) is 3. The first-order chi connectivity index (χ1) is 9.10. The Balaban J connectivity index is 2.06. The predicted molar refractivity (Wildman–Crippen MR) is 75.8 cm³/mol. The highest BCUT2D eigenvalue weighted by Crippen LogP contribution is 2.22. The lowest BCUT2D eigenvalue weighted by atomic mass is 10.1. The van der Waals surface area contributed by atoms with Crippen LogP contribution in [0.3, 0.4) is 0 Å². The maximum Gasteiger partial charge on any atom is 0.125 e. The van der Waals surface area contributed by atoms with Crippen LogP contribution in [0.4, 0.5) is 5.69 Å². The Hall–Kier alpha value is -2.01. The number of nitrogen functional groups attached to an aromatic ring is 1. The number of rotatable bonds is 5. The molecule has 1 aromatic carbocycles.